The van der Waals surface area contributed by atoms with E-state index in [2.05, 4.69) is 5.16 Å². The van der Waals surface area contributed by atoms with E-state index in [1.807, 2.05) is 27.7 Å². The molecule has 4 nitrogen and oxygen atoms in total. The van der Waals surface area contributed by atoms with Crippen molar-refractivity contribution in [2.24, 2.45) is 0 Å². The van der Waals surface area contributed by atoms with Gasteiger partial charge in [0.25, 0.3) is 0 Å². The number of hydrogen-bond acceptors (Lipinski definition) is 4. The predicted octanol–water partition coefficient (Wildman–Crippen LogP) is 2.18. The van der Waals surface area contributed by atoms with E-state index in [9.17, 15) is 4.79 Å². The van der Waals surface area contributed by atoms with Crippen LogP contribution in [-0.4, -0.2) is 17.2 Å². The molecule has 84 valence electrons. The highest BCUT2D eigenvalue weighted by molar-refractivity contribution is 5.69. The van der Waals surface area contributed by atoms with E-state index < -0.39 is 0 Å². The fourth-order valence-electron chi connectivity index (χ4n) is 1.41. The Morgan fingerprint density at radius 3 is 2.60 bits per heavy atom. The first kappa shape index (κ1) is 11.8. The van der Waals surface area contributed by atoms with E-state index in [0.29, 0.717) is 12.8 Å². The maximum absolute atomic E-state index is 11.3. The number of hydrogen-bond donors (Lipinski definition) is 0. The van der Waals surface area contributed by atoms with Crippen LogP contribution in [0.4, 0.5) is 0 Å². The number of aryl methyl sites for hydroxylation is 2. The fraction of sp³-hybridized carbons (Fsp3) is 0.636. The summed E-state index contributed by atoms with van der Waals surface area (Å²) in [6.45, 7) is 7.41. The van der Waals surface area contributed by atoms with Gasteiger partial charge in [0.05, 0.1) is 11.8 Å². The number of aromatic nitrogens is 1. The Kier molecular flexibility index (Phi) is 3.88. The SMILES string of the molecule is Cc1noc(C)c1CCC(=O)OC(C)C. The Hall–Kier alpha value is -1.32. The van der Waals surface area contributed by atoms with Crippen LogP contribution in [0.5, 0.6) is 0 Å². The molecule has 0 radical (unpaired) electrons. The molecule has 0 spiro atoms. The summed E-state index contributed by atoms with van der Waals surface area (Å²) in [6.07, 6.45) is 0.954. The van der Waals surface area contributed by atoms with Crippen LogP contribution < -0.4 is 0 Å². The molecule has 0 aromatic carbocycles. The molecule has 0 atom stereocenters. The summed E-state index contributed by atoms with van der Waals surface area (Å²) >= 11 is 0. The standard InChI is InChI=1S/C11H17NO3/c1-7(2)14-11(13)6-5-10-8(3)12-15-9(10)4/h7H,5-6H2,1-4H3. The van der Waals surface area contributed by atoms with Gasteiger partial charge in [-0.1, -0.05) is 5.16 Å². The smallest absolute Gasteiger partial charge is 0.306 e. The van der Waals surface area contributed by atoms with Crippen molar-refractivity contribution >= 4 is 5.97 Å². The van der Waals surface area contributed by atoms with Gasteiger partial charge in [-0.25, -0.2) is 0 Å². The molecule has 1 aromatic heterocycles. The van der Waals surface area contributed by atoms with Gasteiger partial charge in [0.1, 0.15) is 5.76 Å². The molecule has 1 rings (SSSR count). The third kappa shape index (κ3) is 3.38. The summed E-state index contributed by atoms with van der Waals surface area (Å²) < 4.78 is 10.0. The zero-order valence-corrected chi connectivity index (χ0v) is 9.66. The van der Waals surface area contributed by atoms with Crippen molar-refractivity contribution in [1.29, 1.82) is 0 Å². The average Bonchev–Trinajstić information content (AvgIpc) is 2.42. The van der Waals surface area contributed by atoms with E-state index in [4.69, 9.17) is 9.26 Å². The summed E-state index contributed by atoms with van der Waals surface area (Å²) in [5.74, 6) is 0.606. The van der Waals surface area contributed by atoms with E-state index in [1.165, 1.54) is 0 Å². The van der Waals surface area contributed by atoms with Gasteiger partial charge in [-0.15, -0.1) is 0 Å². The molecule has 0 saturated carbocycles. The van der Waals surface area contributed by atoms with Crippen LogP contribution in [0, 0.1) is 13.8 Å². The highest BCUT2D eigenvalue weighted by Gasteiger charge is 2.12. The number of rotatable bonds is 4. The second-order valence-electron chi connectivity index (χ2n) is 3.84. The van der Waals surface area contributed by atoms with Gasteiger partial charge in [0.2, 0.25) is 0 Å². The van der Waals surface area contributed by atoms with Crippen LogP contribution >= 0.6 is 0 Å². The quantitative estimate of drug-likeness (QED) is 0.716. The summed E-state index contributed by atoms with van der Waals surface area (Å²) in [5, 5.41) is 3.83. The minimum absolute atomic E-state index is 0.0535. The molecule has 15 heavy (non-hydrogen) atoms. The first-order chi connectivity index (χ1) is 7.00. The lowest BCUT2D eigenvalue weighted by atomic mass is 10.1. The highest BCUT2D eigenvalue weighted by atomic mass is 16.5. The Morgan fingerprint density at radius 1 is 1.47 bits per heavy atom. The molecule has 4 heteroatoms. The molecule has 0 fully saturated rings. The van der Waals surface area contributed by atoms with Crippen molar-refractivity contribution in [3.05, 3.63) is 17.0 Å². The first-order valence-corrected chi connectivity index (χ1v) is 5.12. The molecular weight excluding hydrogens is 194 g/mol. The maximum atomic E-state index is 11.3. The van der Waals surface area contributed by atoms with E-state index >= 15 is 0 Å². The molecule has 0 N–H and O–H groups in total. The van der Waals surface area contributed by atoms with Crippen molar-refractivity contribution in [3.8, 4) is 0 Å². The summed E-state index contributed by atoms with van der Waals surface area (Å²) in [7, 11) is 0. The molecule has 1 heterocycles. The summed E-state index contributed by atoms with van der Waals surface area (Å²) in [4.78, 5) is 11.3. The topological polar surface area (TPSA) is 52.3 Å². The number of carbonyl (C=O) groups excluding carboxylic acids is 1. The van der Waals surface area contributed by atoms with E-state index in [1.54, 1.807) is 0 Å². The van der Waals surface area contributed by atoms with Crippen LogP contribution in [0.3, 0.4) is 0 Å². The van der Waals surface area contributed by atoms with Crippen LogP contribution in [0.25, 0.3) is 0 Å². The minimum atomic E-state index is -0.176. The Morgan fingerprint density at radius 2 is 2.13 bits per heavy atom. The molecule has 0 aliphatic carbocycles. The Labute approximate surface area is 89.6 Å². The molecular formula is C11H17NO3. The molecule has 0 unspecified atom stereocenters. The number of esters is 1. The third-order valence-electron chi connectivity index (χ3n) is 2.13. The third-order valence-corrected chi connectivity index (χ3v) is 2.13. The van der Waals surface area contributed by atoms with Gasteiger partial charge < -0.3 is 9.26 Å². The number of nitrogens with zero attached hydrogens (tertiary/aromatic N) is 1. The van der Waals surface area contributed by atoms with Gasteiger partial charge >= 0.3 is 5.97 Å². The lowest BCUT2D eigenvalue weighted by molar-refractivity contribution is -0.147. The predicted molar refractivity (Wildman–Crippen MR) is 55.5 cm³/mol. The normalized spacial score (nSPS) is 10.7. The first-order valence-electron chi connectivity index (χ1n) is 5.12. The zero-order valence-electron chi connectivity index (χ0n) is 9.66. The van der Waals surface area contributed by atoms with Crippen molar-refractivity contribution in [1.82, 2.24) is 5.16 Å². The Balaban J connectivity index is 2.47. The van der Waals surface area contributed by atoms with Crippen molar-refractivity contribution < 1.29 is 14.1 Å². The Bertz CT molecular complexity index is 322. The molecule has 0 aliphatic rings. The lowest BCUT2D eigenvalue weighted by Gasteiger charge is -2.07. The van der Waals surface area contributed by atoms with E-state index in [-0.39, 0.29) is 12.1 Å². The van der Waals surface area contributed by atoms with Crippen LogP contribution in [0.2, 0.25) is 0 Å². The van der Waals surface area contributed by atoms with Crippen LogP contribution in [-0.2, 0) is 16.0 Å². The molecule has 0 bridgehead atoms. The molecule has 0 saturated heterocycles. The van der Waals surface area contributed by atoms with E-state index in [0.717, 1.165) is 17.0 Å². The molecule has 0 amide bonds. The highest BCUT2D eigenvalue weighted by Crippen LogP contribution is 2.14. The summed E-state index contributed by atoms with van der Waals surface area (Å²) in [5.41, 5.74) is 1.86. The van der Waals surface area contributed by atoms with Crippen LogP contribution in [0.15, 0.2) is 4.52 Å². The minimum Gasteiger partial charge on any atom is -0.463 e. The van der Waals surface area contributed by atoms with Crippen molar-refractivity contribution in [3.63, 3.8) is 0 Å². The van der Waals surface area contributed by atoms with Gasteiger partial charge in [-0.05, 0) is 34.1 Å². The lowest BCUT2D eigenvalue weighted by Crippen LogP contribution is -2.12. The fourth-order valence-corrected chi connectivity index (χ4v) is 1.41. The maximum Gasteiger partial charge on any atom is 0.306 e. The number of ether oxygens (including phenoxy) is 1. The van der Waals surface area contributed by atoms with Crippen molar-refractivity contribution in [2.75, 3.05) is 0 Å². The second kappa shape index (κ2) is 4.96. The van der Waals surface area contributed by atoms with Gasteiger partial charge in [0.15, 0.2) is 0 Å². The van der Waals surface area contributed by atoms with Crippen molar-refractivity contribution in [2.45, 2.75) is 46.6 Å². The summed E-state index contributed by atoms with van der Waals surface area (Å²) in [6, 6.07) is 0. The second-order valence-corrected chi connectivity index (χ2v) is 3.84. The largest absolute Gasteiger partial charge is 0.463 e. The average molecular weight is 211 g/mol. The molecule has 1 aromatic rings. The van der Waals surface area contributed by atoms with Crippen LogP contribution in [0.1, 0.15) is 37.3 Å². The van der Waals surface area contributed by atoms with Gasteiger partial charge in [-0.2, -0.15) is 0 Å². The monoisotopic (exact) mass is 211 g/mol. The number of carbonyl (C=O) groups is 1. The van der Waals surface area contributed by atoms with Gasteiger partial charge in [0, 0.05) is 12.0 Å². The van der Waals surface area contributed by atoms with Gasteiger partial charge in [-0.3, -0.25) is 4.79 Å². The zero-order chi connectivity index (χ0) is 11.4. The molecule has 0 aliphatic heterocycles.